The van der Waals surface area contributed by atoms with Crippen molar-refractivity contribution in [1.29, 1.82) is 0 Å². The second kappa shape index (κ2) is 11.5. The van der Waals surface area contributed by atoms with Crippen molar-refractivity contribution in [1.82, 2.24) is 4.90 Å². The number of benzene rings is 3. The van der Waals surface area contributed by atoms with E-state index in [1.165, 1.54) is 7.11 Å². The van der Waals surface area contributed by atoms with Crippen molar-refractivity contribution in [3.8, 4) is 0 Å². The van der Waals surface area contributed by atoms with Crippen molar-refractivity contribution in [3.63, 3.8) is 0 Å². The number of aryl methyl sites for hydroxylation is 1. The van der Waals surface area contributed by atoms with Crippen LogP contribution in [0.2, 0.25) is 0 Å². The number of amides is 2. The van der Waals surface area contributed by atoms with Gasteiger partial charge >= 0.3 is 18.2 Å². The Morgan fingerprint density at radius 1 is 0.829 bits per heavy atom. The molecule has 2 amide bonds. The van der Waals surface area contributed by atoms with E-state index < -0.39 is 29.8 Å². The normalized spacial score (nSPS) is 12.0. The Labute approximate surface area is 205 Å². The second-order valence-corrected chi connectivity index (χ2v) is 9.15. The van der Waals surface area contributed by atoms with Gasteiger partial charge in [0, 0.05) is 0 Å². The topological polar surface area (TPSA) is 82.1 Å². The monoisotopic (exact) mass is 477 g/mol. The molecule has 0 aromatic heterocycles. The first-order chi connectivity index (χ1) is 16.7. The van der Waals surface area contributed by atoms with Gasteiger partial charge in [-0.3, -0.25) is 0 Å². The highest BCUT2D eigenvalue weighted by Crippen LogP contribution is 2.21. The van der Waals surface area contributed by atoms with Crippen molar-refractivity contribution >= 4 is 28.9 Å². The van der Waals surface area contributed by atoms with Crippen LogP contribution in [0, 0.1) is 0 Å². The number of rotatable bonds is 7. The number of esters is 1. The lowest BCUT2D eigenvalue weighted by molar-refractivity contribution is -0.146. The van der Waals surface area contributed by atoms with E-state index >= 15 is 0 Å². The number of ether oxygens (including phenoxy) is 3. The first kappa shape index (κ1) is 25.7. The molecule has 0 radical (unpaired) electrons. The smallest absolute Gasteiger partial charge is 0.420 e. The third kappa shape index (κ3) is 7.30. The summed E-state index contributed by atoms with van der Waals surface area (Å²) >= 11 is 0. The van der Waals surface area contributed by atoms with Crippen LogP contribution in [0.15, 0.2) is 72.8 Å². The molecular formula is C28H31NO6. The largest absolute Gasteiger partial charge is 0.467 e. The number of hydrogen-bond acceptors (Lipinski definition) is 6. The highest BCUT2D eigenvalue weighted by Gasteiger charge is 2.39. The Bertz CT molecular complexity index is 1170. The summed E-state index contributed by atoms with van der Waals surface area (Å²) in [5.74, 6) is -0.728. The van der Waals surface area contributed by atoms with Crippen molar-refractivity contribution in [2.75, 3.05) is 7.11 Å². The molecule has 1 unspecified atom stereocenters. The molecule has 0 bridgehead atoms. The molecule has 3 rings (SSSR count). The summed E-state index contributed by atoms with van der Waals surface area (Å²) in [4.78, 5) is 39.6. The van der Waals surface area contributed by atoms with Crippen LogP contribution in [0.4, 0.5) is 9.59 Å². The summed E-state index contributed by atoms with van der Waals surface area (Å²) in [6.45, 7) is 4.99. The van der Waals surface area contributed by atoms with Crippen LogP contribution in [0.25, 0.3) is 10.8 Å². The van der Waals surface area contributed by atoms with Gasteiger partial charge in [0.15, 0.2) is 0 Å². The minimum Gasteiger partial charge on any atom is -0.467 e. The Morgan fingerprint density at radius 3 is 2.14 bits per heavy atom. The quantitative estimate of drug-likeness (QED) is 0.312. The average Bonchev–Trinajstić information content (AvgIpc) is 2.84. The average molecular weight is 478 g/mol. The summed E-state index contributed by atoms with van der Waals surface area (Å²) in [5.41, 5.74) is 0.823. The molecule has 7 nitrogen and oxygen atoms in total. The van der Waals surface area contributed by atoms with Gasteiger partial charge in [0.05, 0.1) is 7.11 Å². The minimum atomic E-state index is -1.22. The minimum absolute atomic E-state index is 0.0580. The zero-order valence-corrected chi connectivity index (χ0v) is 20.5. The molecule has 184 valence electrons. The van der Waals surface area contributed by atoms with Gasteiger partial charge in [-0.2, -0.15) is 4.90 Å². The first-order valence-corrected chi connectivity index (χ1v) is 11.5. The van der Waals surface area contributed by atoms with E-state index in [1.807, 2.05) is 60.7 Å². The molecule has 0 aliphatic rings. The van der Waals surface area contributed by atoms with Gasteiger partial charge in [0.2, 0.25) is 0 Å². The van der Waals surface area contributed by atoms with Gasteiger partial charge in [0.1, 0.15) is 18.2 Å². The molecule has 0 fully saturated rings. The standard InChI is InChI=1S/C28H31NO6/c1-28(2,3)35-27(32)29(26(31)34-19-21-10-6-5-7-11-21)24(25(30)33-4)17-15-20-14-16-22-12-8-9-13-23(22)18-20/h5-14,16,18,24H,15,17,19H2,1-4H3. The lowest BCUT2D eigenvalue weighted by atomic mass is 10.0. The molecule has 0 spiro atoms. The summed E-state index contributed by atoms with van der Waals surface area (Å²) in [5, 5.41) is 2.16. The number of imide groups is 1. The molecule has 0 heterocycles. The molecule has 1 atom stereocenters. The van der Waals surface area contributed by atoms with Crippen LogP contribution in [-0.4, -0.2) is 41.8 Å². The van der Waals surface area contributed by atoms with Crippen LogP contribution in [-0.2, 0) is 32.0 Å². The zero-order valence-electron chi connectivity index (χ0n) is 20.5. The Kier molecular flexibility index (Phi) is 8.47. The van der Waals surface area contributed by atoms with E-state index in [2.05, 4.69) is 0 Å². The van der Waals surface area contributed by atoms with Gasteiger partial charge < -0.3 is 14.2 Å². The van der Waals surface area contributed by atoms with E-state index in [0.29, 0.717) is 6.42 Å². The maximum absolute atomic E-state index is 13.1. The van der Waals surface area contributed by atoms with Gasteiger partial charge in [-0.15, -0.1) is 0 Å². The predicted octanol–water partition coefficient (Wildman–Crippen LogP) is 5.89. The van der Waals surface area contributed by atoms with Gasteiger partial charge in [-0.1, -0.05) is 72.8 Å². The maximum atomic E-state index is 13.1. The van der Waals surface area contributed by atoms with Crippen molar-refractivity contribution in [2.24, 2.45) is 0 Å². The fourth-order valence-electron chi connectivity index (χ4n) is 3.62. The van der Waals surface area contributed by atoms with Crippen LogP contribution < -0.4 is 0 Å². The summed E-state index contributed by atoms with van der Waals surface area (Å²) in [6.07, 6.45) is -1.37. The van der Waals surface area contributed by atoms with Gasteiger partial charge in [-0.05, 0) is 55.5 Å². The van der Waals surface area contributed by atoms with Gasteiger partial charge in [-0.25, -0.2) is 14.4 Å². The highest BCUT2D eigenvalue weighted by atomic mass is 16.6. The summed E-state index contributed by atoms with van der Waals surface area (Å²) in [7, 11) is 1.22. The van der Waals surface area contributed by atoms with Crippen molar-refractivity contribution in [3.05, 3.63) is 83.9 Å². The number of carbonyl (C=O) groups is 3. The van der Waals surface area contributed by atoms with E-state index in [9.17, 15) is 14.4 Å². The molecule has 0 N–H and O–H groups in total. The van der Waals surface area contributed by atoms with Crippen molar-refractivity contribution in [2.45, 2.75) is 51.9 Å². The van der Waals surface area contributed by atoms with E-state index in [-0.39, 0.29) is 13.0 Å². The fraction of sp³-hybridized carbons (Fsp3) is 0.321. The molecule has 3 aromatic carbocycles. The molecule has 35 heavy (non-hydrogen) atoms. The third-order valence-corrected chi connectivity index (χ3v) is 5.30. The zero-order chi connectivity index (χ0) is 25.4. The molecular weight excluding hydrogens is 446 g/mol. The molecule has 7 heteroatoms. The highest BCUT2D eigenvalue weighted by molar-refractivity contribution is 5.94. The maximum Gasteiger partial charge on any atom is 0.420 e. The molecule has 0 aliphatic heterocycles. The van der Waals surface area contributed by atoms with Gasteiger partial charge in [0.25, 0.3) is 0 Å². The molecule has 0 aliphatic carbocycles. The Balaban J connectivity index is 1.84. The summed E-state index contributed by atoms with van der Waals surface area (Å²) in [6, 6.07) is 21.8. The Morgan fingerprint density at radius 2 is 1.49 bits per heavy atom. The van der Waals surface area contributed by atoms with E-state index in [0.717, 1.165) is 26.8 Å². The fourth-order valence-corrected chi connectivity index (χ4v) is 3.62. The number of nitrogens with zero attached hydrogens (tertiary/aromatic N) is 1. The third-order valence-electron chi connectivity index (χ3n) is 5.30. The molecule has 3 aromatic rings. The summed E-state index contributed by atoms with van der Waals surface area (Å²) < 4.78 is 15.8. The molecule has 0 saturated heterocycles. The van der Waals surface area contributed by atoms with Crippen LogP contribution >= 0.6 is 0 Å². The van der Waals surface area contributed by atoms with E-state index in [4.69, 9.17) is 14.2 Å². The van der Waals surface area contributed by atoms with Crippen LogP contribution in [0.1, 0.15) is 38.3 Å². The number of carbonyl (C=O) groups excluding carboxylic acids is 3. The number of methoxy groups -OCH3 is 1. The first-order valence-electron chi connectivity index (χ1n) is 11.5. The number of fused-ring (bicyclic) bond motifs is 1. The predicted molar refractivity (Wildman–Crippen MR) is 133 cm³/mol. The number of hydrogen-bond donors (Lipinski definition) is 0. The lowest BCUT2D eigenvalue weighted by Gasteiger charge is -2.30. The van der Waals surface area contributed by atoms with Crippen molar-refractivity contribution < 1.29 is 28.6 Å². The lowest BCUT2D eigenvalue weighted by Crippen LogP contribution is -2.51. The van der Waals surface area contributed by atoms with Crippen LogP contribution in [0.3, 0.4) is 0 Å². The SMILES string of the molecule is COC(=O)C(CCc1ccc2ccccc2c1)N(C(=O)OCc1ccccc1)C(=O)OC(C)(C)C. The Hall–Kier alpha value is -3.87. The molecule has 0 saturated carbocycles. The second-order valence-electron chi connectivity index (χ2n) is 9.15. The van der Waals surface area contributed by atoms with Crippen LogP contribution in [0.5, 0.6) is 0 Å². The van der Waals surface area contributed by atoms with E-state index in [1.54, 1.807) is 32.9 Å².